The maximum absolute atomic E-state index is 10.9. The number of carbonyl (C=O) groups is 2. The van der Waals surface area contributed by atoms with Crippen LogP contribution < -0.4 is 0 Å². The second-order valence-corrected chi connectivity index (χ2v) is 4.10. The van der Waals surface area contributed by atoms with Gasteiger partial charge in [0.25, 0.3) is 0 Å². The molecule has 0 saturated heterocycles. The zero-order valence-corrected chi connectivity index (χ0v) is 10.2. The van der Waals surface area contributed by atoms with Crippen molar-refractivity contribution in [3.8, 4) is 0 Å². The van der Waals surface area contributed by atoms with Gasteiger partial charge in [-0.3, -0.25) is 0 Å². The van der Waals surface area contributed by atoms with Crippen LogP contribution in [0.3, 0.4) is 0 Å². The molecule has 3 heteroatoms. The molecule has 0 atom stereocenters. The number of rotatable bonds is 7. The Kier molecular flexibility index (Phi) is 7.18. The smallest absolute Gasteiger partial charge is 0.331 e. The van der Waals surface area contributed by atoms with Crippen LogP contribution >= 0.6 is 0 Å². The maximum atomic E-state index is 10.9. The lowest BCUT2D eigenvalue weighted by Gasteiger charge is -2.00. The Bertz CT molecular complexity index is 307. The van der Waals surface area contributed by atoms with Crippen LogP contribution in [-0.4, -0.2) is 16.9 Å². The van der Waals surface area contributed by atoms with Crippen molar-refractivity contribution in [2.75, 3.05) is 0 Å². The molecule has 1 N–H and O–H groups in total. The molecule has 0 spiro atoms. The molecule has 0 aliphatic carbocycles. The SMILES string of the molecule is CC(=O)CC/C=C(\CCC=C(C)C)C(=O)O. The summed E-state index contributed by atoms with van der Waals surface area (Å²) in [6, 6.07) is 0. The predicted molar refractivity (Wildman–Crippen MR) is 64.3 cm³/mol. The molecule has 0 unspecified atom stereocenters. The summed E-state index contributed by atoms with van der Waals surface area (Å²) in [5.74, 6) is -0.795. The first-order valence-electron chi connectivity index (χ1n) is 5.48. The lowest BCUT2D eigenvalue weighted by molar-refractivity contribution is -0.132. The van der Waals surface area contributed by atoms with E-state index < -0.39 is 5.97 Å². The number of allylic oxidation sites excluding steroid dienone is 3. The van der Waals surface area contributed by atoms with Crippen molar-refractivity contribution in [1.29, 1.82) is 0 Å². The third-order valence-corrected chi connectivity index (χ3v) is 2.13. The molecular formula is C13H20O3. The number of ketones is 1. The Hall–Kier alpha value is -1.38. The van der Waals surface area contributed by atoms with Crippen molar-refractivity contribution in [2.45, 2.75) is 46.5 Å². The Morgan fingerprint density at radius 3 is 2.00 bits per heavy atom. The summed E-state index contributed by atoms with van der Waals surface area (Å²) in [4.78, 5) is 21.6. The fourth-order valence-corrected chi connectivity index (χ4v) is 1.26. The number of carboxylic acid groups (broad SMARTS) is 1. The first kappa shape index (κ1) is 14.6. The van der Waals surface area contributed by atoms with E-state index in [1.54, 1.807) is 6.08 Å². The van der Waals surface area contributed by atoms with Gasteiger partial charge in [-0.05, 0) is 40.0 Å². The van der Waals surface area contributed by atoms with Crippen LogP contribution in [0.1, 0.15) is 46.5 Å². The minimum Gasteiger partial charge on any atom is -0.478 e. The van der Waals surface area contributed by atoms with Crippen molar-refractivity contribution in [3.63, 3.8) is 0 Å². The van der Waals surface area contributed by atoms with Gasteiger partial charge in [0.05, 0.1) is 0 Å². The van der Waals surface area contributed by atoms with Gasteiger partial charge in [-0.1, -0.05) is 17.7 Å². The molecule has 0 amide bonds. The summed E-state index contributed by atoms with van der Waals surface area (Å²) in [5, 5.41) is 8.93. The third kappa shape index (κ3) is 7.97. The van der Waals surface area contributed by atoms with E-state index >= 15 is 0 Å². The van der Waals surface area contributed by atoms with Crippen LogP contribution in [0.15, 0.2) is 23.3 Å². The molecule has 0 rings (SSSR count). The Balaban J connectivity index is 4.22. The minimum absolute atomic E-state index is 0.0882. The minimum atomic E-state index is -0.884. The molecule has 90 valence electrons. The predicted octanol–water partition coefficient (Wildman–Crippen LogP) is 3.11. The fourth-order valence-electron chi connectivity index (χ4n) is 1.26. The van der Waals surface area contributed by atoms with Crippen LogP contribution in [0.4, 0.5) is 0 Å². The molecular weight excluding hydrogens is 204 g/mol. The zero-order chi connectivity index (χ0) is 12.6. The van der Waals surface area contributed by atoms with Gasteiger partial charge in [0.15, 0.2) is 0 Å². The Morgan fingerprint density at radius 2 is 1.56 bits per heavy atom. The lowest BCUT2D eigenvalue weighted by atomic mass is 10.1. The van der Waals surface area contributed by atoms with Crippen molar-refractivity contribution < 1.29 is 14.7 Å². The van der Waals surface area contributed by atoms with Gasteiger partial charge in [-0.2, -0.15) is 0 Å². The molecule has 0 aromatic heterocycles. The van der Waals surface area contributed by atoms with Crippen molar-refractivity contribution in [1.82, 2.24) is 0 Å². The van der Waals surface area contributed by atoms with Crippen LogP contribution in [0.25, 0.3) is 0 Å². The summed E-state index contributed by atoms with van der Waals surface area (Å²) in [6.45, 7) is 5.48. The van der Waals surface area contributed by atoms with E-state index in [-0.39, 0.29) is 5.78 Å². The topological polar surface area (TPSA) is 54.4 Å². The average molecular weight is 224 g/mol. The van der Waals surface area contributed by atoms with Crippen molar-refractivity contribution in [2.24, 2.45) is 0 Å². The molecule has 0 saturated carbocycles. The number of aliphatic carboxylic acids is 1. The first-order valence-corrected chi connectivity index (χ1v) is 5.48. The van der Waals surface area contributed by atoms with Crippen LogP contribution in [0.2, 0.25) is 0 Å². The van der Waals surface area contributed by atoms with E-state index in [2.05, 4.69) is 0 Å². The normalized spacial score (nSPS) is 11.1. The fraction of sp³-hybridized carbons (Fsp3) is 0.538. The molecule has 0 radical (unpaired) electrons. The Labute approximate surface area is 96.9 Å². The van der Waals surface area contributed by atoms with Crippen molar-refractivity contribution >= 4 is 11.8 Å². The number of hydrogen-bond donors (Lipinski definition) is 1. The van der Waals surface area contributed by atoms with Gasteiger partial charge >= 0.3 is 5.97 Å². The van der Waals surface area contributed by atoms with Crippen LogP contribution in [-0.2, 0) is 9.59 Å². The van der Waals surface area contributed by atoms with Gasteiger partial charge in [0, 0.05) is 12.0 Å². The summed E-state index contributed by atoms with van der Waals surface area (Å²) in [6.07, 6.45) is 5.87. The third-order valence-electron chi connectivity index (χ3n) is 2.13. The second kappa shape index (κ2) is 7.85. The summed E-state index contributed by atoms with van der Waals surface area (Å²) >= 11 is 0. The van der Waals surface area contributed by atoms with E-state index in [9.17, 15) is 9.59 Å². The molecule has 0 aromatic rings. The van der Waals surface area contributed by atoms with Gasteiger partial charge in [-0.25, -0.2) is 4.79 Å². The van der Waals surface area contributed by atoms with Crippen molar-refractivity contribution in [3.05, 3.63) is 23.3 Å². The molecule has 0 fully saturated rings. The average Bonchev–Trinajstić information content (AvgIpc) is 2.14. The van der Waals surface area contributed by atoms with E-state index in [0.29, 0.717) is 24.8 Å². The Morgan fingerprint density at radius 1 is 1.00 bits per heavy atom. The van der Waals surface area contributed by atoms with E-state index in [1.165, 1.54) is 12.5 Å². The quantitative estimate of drug-likeness (QED) is 0.534. The van der Waals surface area contributed by atoms with E-state index in [0.717, 1.165) is 6.42 Å². The number of Topliss-reactive ketones (excluding diaryl/α,β-unsaturated/α-hetero) is 1. The monoisotopic (exact) mass is 224 g/mol. The highest BCUT2D eigenvalue weighted by Gasteiger charge is 2.05. The van der Waals surface area contributed by atoms with Gasteiger partial charge < -0.3 is 9.90 Å². The van der Waals surface area contributed by atoms with Gasteiger partial charge in [0.1, 0.15) is 5.78 Å². The summed E-state index contributed by atoms with van der Waals surface area (Å²) in [5.41, 5.74) is 1.59. The standard InChI is InChI=1S/C13H20O3/c1-10(2)6-4-8-12(13(15)16)9-5-7-11(3)14/h6,9H,4-5,7-8H2,1-3H3,(H,15,16)/b12-9+. The first-order chi connectivity index (χ1) is 7.43. The molecule has 0 heterocycles. The number of hydrogen-bond acceptors (Lipinski definition) is 2. The number of carboxylic acids is 1. The highest BCUT2D eigenvalue weighted by molar-refractivity contribution is 5.86. The lowest BCUT2D eigenvalue weighted by Crippen LogP contribution is -2.01. The molecule has 16 heavy (non-hydrogen) atoms. The molecule has 0 aromatic carbocycles. The second-order valence-electron chi connectivity index (χ2n) is 4.10. The van der Waals surface area contributed by atoms with E-state index in [4.69, 9.17) is 5.11 Å². The molecule has 0 bridgehead atoms. The largest absolute Gasteiger partial charge is 0.478 e. The summed E-state index contributed by atoms with van der Waals surface area (Å²) in [7, 11) is 0. The molecule has 0 aliphatic heterocycles. The highest BCUT2D eigenvalue weighted by Crippen LogP contribution is 2.10. The van der Waals surface area contributed by atoms with Crippen LogP contribution in [0.5, 0.6) is 0 Å². The zero-order valence-electron chi connectivity index (χ0n) is 10.2. The van der Waals surface area contributed by atoms with Gasteiger partial charge in [0.2, 0.25) is 0 Å². The summed E-state index contributed by atoms with van der Waals surface area (Å²) < 4.78 is 0. The van der Waals surface area contributed by atoms with Crippen LogP contribution in [0, 0.1) is 0 Å². The maximum Gasteiger partial charge on any atom is 0.331 e. The molecule has 0 aliphatic rings. The molecule has 3 nitrogen and oxygen atoms in total. The highest BCUT2D eigenvalue weighted by atomic mass is 16.4. The van der Waals surface area contributed by atoms with E-state index in [1.807, 2.05) is 19.9 Å². The number of carbonyl (C=O) groups excluding carboxylic acids is 1. The van der Waals surface area contributed by atoms with Gasteiger partial charge in [-0.15, -0.1) is 0 Å².